The Kier molecular flexibility index (Phi) is 7.17. The zero-order chi connectivity index (χ0) is 14.8. The average Bonchev–Trinajstić information content (AvgIpc) is 2.44. The smallest absolute Gasteiger partial charge is 0.326 e. The van der Waals surface area contributed by atoms with E-state index in [1.165, 1.54) is 0 Å². The molecule has 0 aliphatic rings. The standard InChI is InChI=1S/C15H22N2O3/c1-2-3-11-16-15(20)17-13(14(18)19)10-9-12-7-5-4-6-8-12/h4-8,13H,2-3,9-11H2,1H3,(H,18,19)(H2,16,17,20)/t13-/m0/s1. The molecule has 1 aromatic rings. The molecule has 0 spiro atoms. The summed E-state index contributed by atoms with van der Waals surface area (Å²) in [5, 5.41) is 14.3. The first kappa shape index (κ1) is 16.0. The van der Waals surface area contributed by atoms with E-state index < -0.39 is 18.0 Å². The lowest BCUT2D eigenvalue weighted by atomic mass is 10.1. The summed E-state index contributed by atoms with van der Waals surface area (Å²) in [7, 11) is 0. The number of hydrogen-bond acceptors (Lipinski definition) is 2. The van der Waals surface area contributed by atoms with Crippen molar-refractivity contribution in [2.24, 2.45) is 0 Å². The van der Waals surface area contributed by atoms with Crippen LogP contribution in [-0.4, -0.2) is 29.7 Å². The molecular formula is C15H22N2O3. The van der Waals surface area contributed by atoms with Crippen LogP contribution in [0.5, 0.6) is 0 Å². The van der Waals surface area contributed by atoms with Crippen molar-refractivity contribution in [2.45, 2.75) is 38.6 Å². The molecule has 0 radical (unpaired) electrons. The Balaban J connectivity index is 2.40. The molecule has 1 rings (SSSR count). The summed E-state index contributed by atoms with van der Waals surface area (Å²) in [6, 6.07) is 8.35. The van der Waals surface area contributed by atoms with E-state index in [0.29, 0.717) is 19.4 Å². The van der Waals surface area contributed by atoms with Gasteiger partial charge in [-0.15, -0.1) is 0 Å². The van der Waals surface area contributed by atoms with Crippen LogP contribution in [0.2, 0.25) is 0 Å². The van der Waals surface area contributed by atoms with Crippen LogP contribution in [0.4, 0.5) is 4.79 Å². The number of carboxylic acid groups (broad SMARTS) is 1. The number of rotatable bonds is 8. The highest BCUT2D eigenvalue weighted by Crippen LogP contribution is 2.05. The molecule has 0 saturated heterocycles. The number of unbranched alkanes of at least 4 members (excludes halogenated alkanes) is 1. The molecule has 0 fully saturated rings. The zero-order valence-corrected chi connectivity index (χ0v) is 11.8. The summed E-state index contributed by atoms with van der Waals surface area (Å²) in [5.41, 5.74) is 1.06. The number of carboxylic acids is 1. The maximum atomic E-state index is 11.6. The Morgan fingerprint density at radius 3 is 2.55 bits per heavy atom. The summed E-state index contributed by atoms with van der Waals surface area (Å²) < 4.78 is 0. The molecule has 1 atom stereocenters. The van der Waals surface area contributed by atoms with E-state index in [2.05, 4.69) is 10.6 Å². The third kappa shape index (κ3) is 6.22. The normalized spacial score (nSPS) is 11.7. The summed E-state index contributed by atoms with van der Waals surface area (Å²) in [5.74, 6) is -1.01. The van der Waals surface area contributed by atoms with Crippen LogP contribution >= 0.6 is 0 Å². The van der Waals surface area contributed by atoms with E-state index in [-0.39, 0.29) is 0 Å². The molecule has 20 heavy (non-hydrogen) atoms. The van der Waals surface area contributed by atoms with Gasteiger partial charge >= 0.3 is 12.0 Å². The topological polar surface area (TPSA) is 78.4 Å². The van der Waals surface area contributed by atoms with Gasteiger partial charge in [-0.2, -0.15) is 0 Å². The third-order valence-corrected chi connectivity index (χ3v) is 2.98. The second-order valence-corrected chi connectivity index (χ2v) is 4.67. The van der Waals surface area contributed by atoms with Crippen LogP contribution in [0.15, 0.2) is 30.3 Å². The highest BCUT2D eigenvalue weighted by molar-refractivity contribution is 5.82. The number of carbonyl (C=O) groups excluding carboxylic acids is 1. The Morgan fingerprint density at radius 2 is 1.95 bits per heavy atom. The van der Waals surface area contributed by atoms with E-state index in [0.717, 1.165) is 18.4 Å². The van der Waals surface area contributed by atoms with Gasteiger partial charge < -0.3 is 15.7 Å². The van der Waals surface area contributed by atoms with Gasteiger partial charge in [0.25, 0.3) is 0 Å². The third-order valence-electron chi connectivity index (χ3n) is 2.98. The van der Waals surface area contributed by atoms with Gasteiger partial charge in [0.05, 0.1) is 0 Å². The van der Waals surface area contributed by atoms with E-state index in [4.69, 9.17) is 5.11 Å². The fourth-order valence-corrected chi connectivity index (χ4v) is 1.80. The van der Waals surface area contributed by atoms with Crippen LogP contribution in [0.25, 0.3) is 0 Å². The Bertz CT molecular complexity index is 420. The van der Waals surface area contributed by atoms with E-state index >= 15 is 0 Å². The fourth-order valence-electron chi connectivity index (χ4n) is 1.80. The quantitative estimate of drug-likeness (QED) is 0.638. The lowest BCUT2D eigenvalue weighted by Gasteiger charge is -2.15. The Labute approximate surface area is 119 Å². The molecule has 0 unspecified atom stereocenters. The van der Waals surface area contributed by atoms with Crippen molar-refractivity contribution in [2.75, 3.05) is 6.54 Å². The maximum Gasteiger partial charge on any atom is 0.326 e. The van der Waals surface area contributed by atoms with E-state index in [1.54, 1.807) is 0 Å². The minimum Gasteiger partial charge on any atom is -0.480 e. The van der Waals surface area contributed by atoms with Gasteiger partial charge in [0, 0.05) is 6.54 Å². The van der Waals surface area contributed by atoms with E-state index in [9.17, 15) is 9.59 Å². The second-order valence-electron chi connectivity index (χ2n) is 4.67. The molecular weight excluding hydrogens is 256 g/mol. The Hall–Kier alpha value is -2.04. The predicted molar refractivity (Wildman–Crippen MR) is 77.6 cm³/mol. The lowest BCUT2D eigenvalue weighted by molar-refractivity contribution is -0.139. The van der Waals surface area contributed by atoms with Gasteiger partial charge in [-0.1, -0.05) is 43.7 Å². The van der Waals surface area contributed by atoms with Crippen LogP contribution in [-0.2, 0) is 11.2 Å². The largest absolute Gasteiger partial charge is 0.480 e. The number of carbonyl (C=O) groups is 2. The molecule has 0 bridgehead atoms. The molecule has 5 heteroatoms. The number of hydrogen-bond donors (Lipinski definition) is 3. The lowest BCUT2D eigenvalue weighted by Crippen LogP contribution is -2.46. The number of aryl methyl sites for hydroxylation is 1. The molecule has 0 saturated carbocycles. The minimum absolute atomic E-state index is 0.376. The van der Waals surface area contributed by atoms with Gasteiger partial charge in [0.15, 0.2) is 0 Å². The molecule has 0 aliphatic heterocycles. The number of benzene rings is 1. The van der Waals surface area contributed by atoms with Crippen molar-refractivity contribution >= 4 is 12.0 Å². The predicted octanol–water partition coefficient (Wildman–Crippen LogP) is 2.17. The summed E-state index contributed by atoms with van der Waals surface area (Å²) in [6.07, 6.45) is 2.86. The number of nitrogens with one attached hydrogen (secondary N) is 2. The molecule has 3 N–H and O–H groups in total. The highest BCUT2D eigenvalue weighted by Gasteiger charge is 2.19. The summed E-state index contributed by atoms with van der Waals surface area (Å²) in [4.78, 5) is 22.7. The first-order chi connectivity index (χ1) is 9.63. The molecule has 0 aliphatic carbocycles. The van der Waals surface area contributed by atoms with Crippen molar-refractivity contribution in [1.82, 2.24) is 10.6 Å². The van der Waals surface area contributed by atoms with E-state index in [1.807, 2.05) is 37.3 Å². The maximum absolute atomic E-state index is 11.6. The first-order valence-corrected chi connectivity index (χ1v) is 6.94. The molecule has 110 valence electrons. The number of aliphatic carboxylic acids is 1. The van der Waals surface area contributed by atoms with Crippen LogP contribution in [0.3, 0.4) is 0 Å². The molecule has 0 heterocycles. The minimum atomic E-state index is -1.01. The van der Waals surface area contributed by atoms with Gasteiger partial charge in [0.1, 0.15) is 6.04 Å². The molecule has 5 nitrogen and oxygen atoms in total. The van der Waals surface area contributed by atoms with Crippen molar-refractivity contribution in [3.05, 3.63) is 35.9 Å². The van der Waals surface area contributed by atoms with Crippen LogP contribution in [0, 0.1) is 0 Å². The summed E-state index contributed by atoms with van der Waals surface area (Å²) >= 11 is 0. The summed E-state index contributed by atoms with van der Waals surface area (Å²) in [6.45, 7) is 2.59. The zero-order valence-electron chi connectivity index (χ0n) is 11.8. The molecule has 2 amide bonds. The second kappa shape index (κ2) is 8.96. The number of urea groups is 1. The van der Waals surface area contributed by atoms with Crippen LogP contribution < -0.4 is 10.6 Å². The Morgan fingerprint density at radius 1 is 1.25 bits per heavy atom. The SMILES string of the molecule is CCCCNC(=O)N[C@@H](CCc1ccccc1)C(=O)O. The van der Waals surface area contributed by atoms with Crippen molar-refractivity contribution in [3.63, 3.8) is 0 Å². The monoisotopic (exact) mass is 278 g/mol. The van der Waals surface area contributed by atoms with Gasteiger partial charge in [0.2, 0.25) is 0 Å². The number of amides is 2. The fraction of sp³-hybridized carbons (Fsp3) is 0.467. The van der Waals surface area contributed by atoms with Crippen molar-refractivity contribution in [1.29, 1.82) is 0 Å². The van der Waals surface area contributed by atoms with Crippen LogP contribution in [0.1, 0.15) is 31.7 Å². The van der Waals surface area contributed by atoms with Gasteiger partial charge in [-0.25, -0.2) is 9.59 Å². The highest BCUT2D eigenvalue weighted by atomic mass is 16.4. The average molecular weight is 278 g/mol. The van der Waals surface area contributed by atoms with Crippen molar-refractivity contribution in [3.8, 4) is 0 Å². The molecule has 0 aromatic heterocycles. The van der Waals surface area contributed by atoms with Gasteiger partial charge in [-0.05, 0) is 24.8 Å². The first-order valence-electron chi connectivity index (χ1n) is 6.94. The molecule has 1 aromatic carbocycles. The van der Waals surface area contributed by atoms with Crippen molar-refractivity contribution < 1.29 is 14.7 Å². The van der Waals surface area contributed by atoms with Gasteiger partial charge in [-0.3, -0.25) is 0 Å².